The number of aliphatic imine (C=N–C) groups is 1. The molecule has 0 radical (unpaired) electrons. The van der Waals surface area contributed by atoms with Crippen LogP contribution in [0.5, 0.6) is 0 Å². The molecule has 0 bridgehead atoms. The van der Waals surface area contributed by atoms with Crippen LogP contribution < -0.4 is 16.4 Å². The third-order valence-electron chi connectivity index (χ3n) is 4.72. The maximum absolute atomic E-state index is 11.6. The zero-order valence-electron chi connectivity index (χ0n) is 13.7. The van der Waals surface area contributed by atoms with Crippen LogP contribution in [0.25, 0.3) is 0 Å². The number of hydrogen-bond acceptors (Lipinski definition) is 3. The van der Waals surface area contributed by atoms with E-state index in [1.165, 1.54) is 0 Å². The third kappa shape index (κ3) is 3.51. The van der Waals surface area contributed by atoms with Gasteiger partial charge in [-0.3, -0.25) is 14.6 Å². The van der Waals surface area contributed by atoms with Crippen LogP contribution in [0.3, 0.4) is 0 Å². The number of guanidine groups is 1. The summed E-state index contributed by atoms with van der Waals surface area (Å²) in [7, 11) is 1.74. The maximum Gasteiger partial charge on any atom is 0.224 e. The van der Waals surface area contributed by atoms with Crippen LogP contribution >= 0.6 is 0 Å². The Kier molecular flexibility index (Phi) is 4.63. The predicted molar refractivity (Wildman–Crippen MR) is 85.2 cm³/mol. The van der Waals surface area contributed by atoms with E-state index in [0.29, 0.717) is 13.0 Å². The van der Waals surface area contributed by atoms with Gasteiger partial charge in [0.25, 0.3) is 0 Å². The second kappa shape index (κ2) is 6.14. The summed E-state index contributed by atoms with van der Waals surface area (Å²) in [5.74, 6) is 0.573. The average molecular weight is 309 g/mol. The van der Waals surface area contributed by atoms with Crippen LogP contribution in [-0.4, -0.2) is 55.9 Å². The third-order valence-corrected chi connectivity index (χ3v) is 4.72. The van der Waals surface area contributed by atoms with Crippen molar-refractivity contribution in [2.75, 3.05) is 33.2 Å². The first kappa shape index (κ1) is 16.6. The van der Waals surface area contributed by atoms with Crippen LogP contribution in [0.15, 0.2) is 4.99 Å². The minimum Gasteiger partial charge on any atom is -0.369 e. The summed E-state index contributed by atoms with van der Waals surface area (Å²) in [6.45, 7) is 6.52. The first-order chi connectivity index (χ1) is 10.3. The zero-order valence-corrected chi connectivity index (χ0v) is 13.7. The number of carbonyl (C=O) groups excluding carboxylic acids is 2. The van der Waals surface area contributed by atoms with Crippen molar-refractivity contribution >= 4 is 17.8 Å². The molecule has 4 N–H and O–H groups in total. The maximum atomic E-state index is 11.6. The van der Waals surface area contributed by atoms with Crippen LogP contribution in [0, 0.1) is 10.8 Å². The molecule has 124 valence electrons. The van der Waals surface area contributed by atoms with Gasteiger partial charge in [0.1, 0.15) is 0 Å². The number of primary amides is 1. The molecular weight excluding hydrogens is 282 g/mol. The highest BCUT2D eigenvalue weighted by Gasteiger charge is 2.42. The Hall–Kier alpha value is -1.79. The normalized spacial score (nSPS) is 26.2. The average Bonchev–Trinajstić information content (AvgIpc) is 2.80. The fourth-order valence-corrected chi connectivity index (χ4v) is 3.15. The number of likely N-dealkylation sites (tertiary alicyclic amines) is 1. The Morgan fingerprint density at radius 3 is 2.82 bits per heavy atom. The van der Waals surface area contributed by atoms with Crippen molar-refractivity contribution < 1.29 is 9.59 Å². The fourth-order valence-electron chi connectivity index (χ4n) is 3.15. The van der Waals surface area contributed by atoms with E-state index >= 15 is 0 Å². The molecule has 2 aliphatic heterocycles. The Bertz CT molecular complexity index is 488. The zero-order chi connectivity index (χ0) is 16.4. The van der Waals surface area contributed by atoms with Crippen molar-refractivity contribution in [3.8, 4) is 0 Å². The summed E-state index contributed by atoms with van der Waals surface area (Å²) >= 11 is 0. The van der Waals surface area contributed by atoms with E-state index < -0.39 is 5.41 Å². The summed E-state index contributed by atoms with van der Waals surface area (Å²) in [6.07, 6.45) is 2.69. The van der Waals surface area contributed by atoms with Crippen molar-refractivity contribution in [1.29, 1.82) is 0 Å². The molecule has 2 saturated heterocycles. The number of piperidine rings is 1. The van der Waals surface area contributed by atoms with Crippen LogP contribution in [0.2, 0.25) is 0 Å². The van der Waals surface area contributed by atoms with Crippen molar-refractivity contribution in [3.05, 3.63) is 0 Å². The monoisotopic (exact) mass is 309 g/mol. The topological polar surface area (TPSA) is 99.8 Å². The number of hydrogen-bond donors (Lipinski definition) is 3. The largest absolute Gasteiger partial charge is 0.369 e. The van der Waals surface area contributed by atoms with Gasteiger partial charge in [-0.05, 0) is 26.7 Å². The molecule has 7 nitrogen and oxygen atoms in total. The highest BCUT2D eigenvalue weighted by molar-refractivity contribution is 5.84. The van der Waals surface area contributed by atoms with Crippen LogP contribution in [0.1, 0.15) is 33.1 Å². The lowest BCUT2D eigenvalue weighted by Gasteiger charge is -2.41. The number of rotatable bonds is 3. The molecule has 1 unspecified atom stereocenters. The minimum atomic E-state index is -0.631. The van der Waals surface area contributed by atoms with Crippen LogP contribution in [0.4, 0.5) is 0 Å². The summed E-state index contributed by atoms with van der Waals surface area (Å²) in [5, 5.41) is 6.19. The molecule has 7 heteroatoms. The lowest BCUT2D eigenvalue weighted by Crippen LogP contribution is -2.53. The van der Waals surface area contributed by atoms with Gasteiger partial charge < -0.3 is 21.3 Å². The standard InChI is InChI=1S/C15H27N5O2/c1-14(2,12(16)22)8-19-13(17-3)20-6-4-5-15(10-20)7-11(21)18-9-15/h4-10H2,1-3H3,(H2,16,22)(H,17,19)(H,18,21). The summed E-state index contributed by atoms with van der Waals surface area (Å²) in [5.41, 5.74) is 4.80. The van der Waals surface area contributed by atoms with Gasteiger partial charge in [-0.2, -0.15) is 0 Å². The SMILES string of the molecule is CN=C(NCC(C)(C)C(N)=O)N1CCCC2(CNC(=O)C2)C1. The first-order valence-electron chi connectivity index (χ1n) is 7.80. The number of carbonyl (C=O) groups is 2. The predicted octanol–water partition coefficient (Wildman–Crippen LogP) is -0.325. The molecule has 0 aromatic rings. The van der Waals surface area contributed by atoms with E-state index in [1.807, 2.05) is 13.8 Å². The molecular formula is C15H27N5O2. The van der Waals surface area contributed by atoms with E-state index in [2.05, 4.69) is 20.5 Å². The van der Waals surface area contributed by atoms with E-state index in [4.69, 9.17) is 5.73 Å². The molecule has 2 heterocycles. The summed E-state index contributed by atoms with van der Waals surface area (Å²) in [4.78, 5) is 29.5. The molecule has 1 spiro atoms. The van der Waals surface area contributed by atoms with Crippen molar-refractivity contribution in [3.63, 3.8) is 0 Å². The van der Waals surface area contributed by atoms with Crippen molar-refractivity contribution in [2.24, 2.45) is 21.6 Å². The number of nitrogens with zero attached hydrogens (tertiary/aromatic N) is 2. The molecule has 2 fully saturated rings. The van der Waals surface area contributed by atoms with E-state index in [1.54, 1.807) is 7.05 Å². The molecule has 0 aromatic heterocycles. The molecule has 2 amide bonds. The number of amides is 2. The van der Waals surface area contributed by atoms with E-state index in [-0.39, 0.29) is 17.2 Å². The Morgan fingerprint density at radius 1 is 1.55 bits per heavy atom. The second-order valence-electron chi connectivity index (χ2n) is 7.13. The fraction of sp³-hybridized carbons (Fsp3) is 0.800. The lowest BCUT2D eigenvalue weighted by atomic mass is 9.79. The van der Waals surface area contributed by atoms with E-state index in [9.17, 15) is 9.59 Å². The minimum absolute atomic E-state index is 0.0200. The van der Waals surface area contributed by atoms with Gasteiger partial charge in [-0.1, -0.05) is 0 Å². The molecule has 0 saturated carbocycles. The molecule has 2 rings (SSSR count). The Balaban J connectivity index is 1.99. The molecule has 2 aliphatic rings. The molecule has 22 heavy (non-hydrogen) atoms. The first-order valence-corrected chi connectivity index (χ1v) is 7.80. The van der Waals surface area contributed by atoms with Gasteiger partial charge in [0, 0.05) is 45.1 Å². The summed E-state index contributed by atoms with van der Waals surface area (Å²) < 4.78 is 0. The van der Waals surface area contributed by atoms with Gasteiger partial charge in [0.2, 0.25) is 11.8 Å². The Labute approximate surface area is 131 Å². The van der Waals surface area contributed by atoms with Gasteiger partial charge in [0.15, 0.2) is 5.96 Å². The van der Waals surface area contributed by atoms with Gasteiger partial charge in [-0.15, -0.1) is 0 Å². The van der Waals surface area contributed by atoms with E-state index in [0.717, 1.165) is 38.4 Å². The Morgan fingerprint density at radius 2 is 2.27 bits per heavy atom. The quantitative estimate of drug-likeness (QED) is 0.491. The molecule has 0 aliphatic carbocycles. The number of nitrogens with two attached hydrogens (primary N) is 1. The van der Waals surface area contributed by atoms with Gasteiger partial charge in [0.05, 0.1) is 5.41 Å². The number of nitrogens with one attached hydrogen (secondary N) is 2. The molecule has 1 atom stereocenters. The highest BCUT2D eigenvalue weighted by atomic mass is 16.2. The van der Waals surface area contributed by atoms with Crippen molar-refractivity contribution in [2.45, 2.75) is 33.1 Å². The lowest BCUT2D eigenvalue weighted by molar-refractivity contribution is -0.125. The highest BCUT2D eigenvalue weighted by Crippen LogP contribution is 2.36. The second-order valence-corrected chi connectivity index (χ2v) is 7.13. The smallest absolute Gasteiger partial charge is 0.224 e. The molecule has 0 aromatic carbocycles. The van der Waals surface area contributed by atoms with Gasteiger partial charge >= 0.3 is 0 Å². The summed E-state index contributed by atoms with van der Waals surface area (Å²) in [6, 6.07) is 0. The van der Waals surface area contributed by atoms with Crippen LogP contribution in [-0.2, 0) is 9.59 Å². The van der Waals surface area contributed by atoms with Gasteiger partial charge in [-0.25, -0.2) is 0 Å². The van der Waals surface area contributed by atoms with Crippen molar-refractivity contribution in [1.82, 2.24) is 15.5 Å².